The van der Waals surface area contributed by atoms with Crippen LogP contribution in [-0.2, 0) is 14.8 Å². The van der Waals surface area contributed by atoms with Crippen molar-refractivity contribution < 1.29 is 27.6 Å². The summed E-state index contributed by atoms with van der Waals surface area (Å²) in [6, 6.07) is 15.8. The summed E-state index contributed by atoms with van der Waals surface area (Å²) in [5.41, 5.74) is 2.27. The van der Waals surface area contributed by atoms with Gasteiger partial charge in [0.05, 0.1) is 35.9 Å². The van der Waals surface area contributed by atoms with E-state index in [-0.39, 0.29) is 32.6 Å². The summed E-state index contributed by atoms with van der Waals surface area (Å²) < 4.78 is 38.4. The maximum Gasteiger partial charge on any atom is 0.270 e. The molecule has 36 heavy (non-hydrogen) atoms. The molecule has 0 saturated carbocycles. The standard InChI is InChI=1S/C23H21ClN4O7S/c1-34-18-9-11-22(35-2)21(13-18)27(36(32,33)19-6-4-3-5-7-19)15-23(29)26-25-14-16-12-17(28(30)31)8-10-20(16)24/h3-14H,15H2,1-2H3,(H,26,29)/b25-14-. The van der Waals surface area contributed by atoms with Crippen LogP contribution in [0.3, 0.4) is 0 Å². The molecule has 0 spiro atoms. The molecule has 0 aliphatic carbocycles. The molecule has 0 aliphatic rings. The van der Waals surface area contributed by atoms with Gasteiger partial charge in [0.1, 0.15) is 18.0 Å². The van der Waals surface area contributed by atoms with E-state index in [4.69, 9.17) is 21.1 Å². The fourth-order valence-corrected chi connectivity index (χ4v) is 4.70. The average Bonchev–Trinajstić information content (AvgIpc) is 2.88. The van der Waals surface area contributed by atoms with E-state index in [1.54, 1.807) is 24.3 Å². The van der Waals surface area contributed by atoms with Gasteiger partial charge in [-0.15, -0.1) is 0 Å². The fourth-order valence-electron chi connectivity index (χ4n) is 3.09. The molecular weight excluding hydrogens is 512 g/mol. The number of benzene rings is 3. The van der Waals surface area contributed by atoms with E-state index in [2.05, 4.69) is 10.5 Å². The predicted octanol–water partition coefficient (Wildman–Crippen LogP) is 3.61. The van der Waals surface area contributed by atoms with E-state index in [1.165, 1.54) is 56.7 Å². The van der Waals surface area contributed by atoms with E-state index in [0.717, 1.165) is 10.5 Å². The number of hydrogen-bond acceptors (Lipinski definition) is 8. The molecule has 11 nitrogen and oxygen atoms in total. The zero-order chi connectivity index (χ0) is 26.3. The molecule has 3 rings (SSSR count). The number of non-ortho nitro benzene ring substituents is 1. The molecule has 0 bridgehead atoms. The quantitative estimate of drug-likeness (QED) is 0.239. The molecule has 3 aromatic rings. The third kappa shape index (κ3) is 6.09. The van der Waals surface area contributed by atoms with E-state index in [1.807, 2.05) is 0 Å². The number of ether oxygens (including phenoxy) is 2. The van der Waals surface area contributed by atoms with E-state index in [9.17, 15) is 23.3 Å². The number of nitrogens with one attached hydrogen (secondary N) is 1. The highest BCUT2D eigenvalue weighted by Gasteiger charge is 2.29. The molecule has 0 aromatic heterocycles. The molecule has 1 amide bonds. The fraction of sp³-hybridized carbons (Fsp3) is 0.130. The monoisotopic (exact) mass is 532 g/mol. The number of methoxy groups -OCH3 is 2. The van der Waals surface area contributed by atoms with Gasteiger partial charge < -0.3 is 9.47 Å². The van der Waals surface area contributed by atoms with Gasteiger partial charge in [-0.3, -0.25) is 19.2 Å². The summed E-state index contributed by atoms with van der Waals surface area (Å²) in [4.78, 5) is 23.1. The van der Waals surface area contributed by atoms with Crippen molar-refractivity contribution in [2.24, 2.45) is 5.10 Å². The van der Waals surface area contributed by atoms with Crippen LogP contribution in [0.15, 0.2) is 76.7 Å². The Kier molecular flexibility index (Phi) is 8.46. The molecule has 0 saturated heterocycles. The normalized spacial score (nSPS) is 11.2. The molecule has 0 radical (unpaired) electrons. The first kappa shape index (κ1) is 26.4. The second kappa shape index (κ2) is 11.5. The Labute approximate surface area is 212 Å². The molecule has 0 fully saturated rings. The van der Waals surface area contributed by atoms with Crippen LogP contribution in [0.25, 0.3) is 0 Å². The number of amides is 1. The van der Waals surface area contributed by atoms with Gasteiger partial charge in [-0.1, -0.05) is 29.8 Å². The van der Waals surface area contributed by atoms with E-state index in [0.29, 0.717) is 5.75 Å². The number of nitrogens with zero attached hydrogens (tertiary/aromatic N) is 3. The lowest BCUT2D eigenvalue weighted by Gasteiger charge is -2.25. The van der Waals surface area contributed by atoms with Crippen LogP contribution in [0.5, 0.6) is 11.5 Å². The smallest absolute Gasteiger partial charge is 0.270 e. The third-order valence-corrected chi connectivity index (χ3v) is 6.97. The van der Waals surface area contributed by atoms with Crippen LogP contribution in [0.1, 0.15) is 5.56 Å². The lowest BCUT2D eigenvalue weighted by molar-refractivity contribution is -0.384. The summed E-state index contributed by atoms with van der Waals surface area (Å²) in [7, 11) is -1.43. The molecule has 1 N–H and O–H groups in total. The first-order valence-corrected chi connectivity index (χ1v) is 12.0. The highest BCUT2D eigenvalue weighted by atomic mass is 35.5. The molecule has 3 aromatic carbocycles. The van der Waals surface area contributed by atoms with Crippen LogP contribution in [-0.4, -0.2) is 46.2 Å². The Bertz CT molecular complexity index is 1400. The van der Waals surface area contributed by atoms with Crippen molar-refractivity contribution >= 4 is 45.1 Å². The first-order valence-electron chi connectivity index (χ1n) is 10.2. The Balaban J connectivity index is 1.93. The van der Waals surface area contributed by atoms with Crippen LogP contribution in [0.2, 0.25) is 5.02 Å². The molecule has 0 aliphatic heterocycles. The number of carbonyl (C=O) groups is 1. The van der Waals surface area contributed by atoms with Crippen molar-refractivity contribution in [3.63, 3.8) is 0 Å². The maximum atomic E-state index is 13.5. The van der Waals surface area contributed by atoms with Gasteiger partial charge in [0.15, 0.2) is 0 Å². The van der Waals surface area contributed by atoms with E-state index < -0.39 is 27.4 Å². The van der Waals surface area contributed by atoms with Gasteiger partial charge in [-0.2, -0.15) is 5.10 Å². The number of halogens is 1. The Hall–Kier alpha value is -4.16. The summed E-state index contributed by atoms with van der Waals surface area (Å²) in [5, 5.41) is 14.9. The van der Waals surface area contributed by atoms with Crippen molar-refractivity contribution in [2.45, 2.75) is 4.90 Å². The highest BCUT2D eigenvalue weighted by Crippen LogP contribution is 2.35. The number of anilines is 1. The molecular formula is C23H21ClN4O7S. The second-order valence-corrected chi connectivity index (χ2v) is 9.39. The summed E-state index contributed by atoms with van der Waals surface area (Å²) in [5.74, 6) is -0.259. The first-order chi connectivity index (χ1) is 17.2. The predicted molar refractivity (Wildman–Crippen MR) is 134 cm³/mol. The van der Waals surface area contributed by atoms with Crippen LogP contribution in [0, 0.1) is 10.1 Å². The Morgan fingerprint density at radius 2 is 1.83 bits per heavy atom. The number of nitro benzene ring substituents is 1. The molecule has 0 atom stereocenters. The van der Waals surface area contributed by atoms with Gasteiger partial charge >= 0.3 is 0 Å². The minimum absolute atomic E-state index is 0.0467. The number of carbonyl (C=O) groups excluding carboxylic acids is 1. The van der Waals surface area contributed by atoms with Crippen molar-refractivity contribution in [3.8, 4) is 11.5 Å². The Morgan fingerprint density at radius 3 is 2.47 bits per heavy atom. The largest absolute Gasteiger partial charge is 0.497 e. The molecule has 0 unspecified atom stereocenters. The van der Waals surface area contributed by atoms with Gasteiger partial charge in [-0.05, 0) is 30.3 Å². The average molecular weight is 533 g/mol. The molecule has 0 heterocycles. The minimum atomic E-state index is -4.22. The van der Waals surface area contributed by atoms with E-state index >= 15 is 0 Å². The van der Waals surface area contributed by atoms with Crippen molar-refractivity contribution in [1.29, 1.82) is 0 Å². The van der Waals surface area contributed by atoms with Gasteiger partial charge in [0, 0.05) is 28.8 Å². The molecule has 188 valence electrons. The second-order valence-electron chi connectivity index (χ2n) is 7.12. The summed E-state index contributed by atoms with van der Waals surface area (Å²) in [6.45, 7) is -0.666. The van der Waals surface area contributed by atoms with Gasteiger partial charge in [0.2, 0.25) is 0 Å². The van der Waals surface area contributed by atoms with Crippen molar-refractivity contribution in [2.75, 3.05) is 25.1 Å². The van der Waals surface area contributed by atoms with Gasteiger partial charge in [-0.25, -0.2) is 13.8 Å². The number of nitro groups is 1. The lowest BCUT2D eigenvalue weighted by atomic mass is 10.2. The minimum Gasteiger partial charge on any atom is -0.497 e. The number of hydrogen-bond donors (Lipinski definition) is 1. The highest BCUT2D eigenvalue weighted by molar-refractivity contribution is 7.92. The van der Waals surface area contributed by atoms with Crippen LogP contribution < -0.4 is 19.2 Å². The summed E-state index contributed by atoms with van der Waals surface area (Å²) >= 11 is 6.03. The lowest BCUT2D eigenvalue weighted by Crippen LogP contribution is -2.39. The SMILES string of the molecule is COc1ccc(OC)c(N(CC(=O)N/N=C\c2cc([N+](=O)[O-])ccc2Cl)S(=O)(=O)c2ccccc2)c1. The number of rotatable bonds is 10. The Morgan fingerprint density at radius 1 is 1.11 bits per heavy atom. The third-order valence-electron chi connectivity index (χ3n) is 4.86. The molecule has 13 heteroatoms. The van der Waals surface area contributed by atoms with Crippen molar-refractivity contribution in [3.05, 3.63) is 87.4 Å². The zero-order valence-corrected chi connectivity index (χ0v) is 20.7. The maximum absolute atomic E-state index is 13.5. The van der Waals surface area contributed by atoms with Crippen LogP contribution >= 0.6 is 11.6 Å². The summed E-state index contributed by atoms with van der Waals surface area (Å²) in [6.07, 6.45) is 1.12. The van der Waals surface area contributed by atoms with Gasteiger partial charge in [0.25, 0.3) is 21.6 Å². The zero-order valence-electron chi connectivity index (χ0n) is 19.1. The number of hydrazone groups is 1. The topological polar surface area (TPSA) is 140 Å². The van der Waals surface area contributed by atoms with Crippen LogP contribution in [0.4, 0.5) is 11.4 Å². The van der Waals surface area contributed by atoms with Crippen molar-refractivity contribution in [1.82, 2.24) is 5.43 Å². The number of sulfonamides is 1.